The van der Waals surface area contributed by atoms with E-state index in [9.17, 15) is 22.8 Å². The highest BCUT2D eigenvalue weighted by atomic mass is 19.4. The first-order valence-electron chi connectivity index (χ1n) is 5.77. The molecule has 0 unspecified atom stereocenters. The molecule has 9 heteroatoms. The van der Waals surface area contributed by atoms with Crippen LogP contribution >= 0.6 is 0 Å². The molecule has 1 heterocycles. The van der Waals surface area contributed by atoms with E-state index < -0.39 is 49.1 Å². The summed E-state index contributed by atoms with van der Waals surface area (Å²) in [6.45, 7) is 2.22. The molecule has 1 amide bonds. The minimum Gasteiger partial charge on any atom is -0.479 e. The molecule has 0 radical (unpaired) electrons. The van der Waals surface area contributed by atoms with Crippen LogP contribution in [0.4, 0.5) is 18.0 Å². The summed E-state index contributed by atoms with van der Waals surface area (Å²) >= 11 is 0. The first kappa shape index (κ1) is 16.5. The fourth-order valence-electron chi connectivity index (χ4n) is 1.53. The van der Waals surface area contributed by atoms with Gasteiger partial charge in [0.05, 0.1) is 13.1 Å². The van der Waals surface area contributed by atoms with Gasteiger partial charge in [-0.1, -0.05) is 0 Å². The van der Waals surface area contributed by atoms with Crippen LogP contribution in [0.5, 0.6) is 0 Å². The summed E-state index contributed by atoms with van der Waals surface area (Å²) in [5.74, 6) is -1.54. The largest absolute Gasteiger partial charge is 0.479 e. The average Bonchev–Trinajstić information content (AvgIpc) is 2.09. The summed E-state index contributed by atoms with van der Waals surface area (Å²) in [6.07, 6.45) is -5.42. The van der Waals surface area contributed by atoms with Crippen molar-refractivity contribution in [3.8, 4) is 0 Å². The van der Waals surface area contributed by atoms with E-state index in [0.29, 0.717) is 0 Å². The van der Waals surface area contributed by atoms with Crippen LogP contribution in [0.15, 0.2) is 0 Å². The third-order valence-electron chi connectivity index (χ3n) is 2.45. The Kier molecular flexibility index (Phi) is 4.23. The van der Waals surface area contributed by atoms with Gasteiger partial charge in [0.25, 0.3) is 0 Å². The van der Waals surface area contributed by atoms with Crippen LogP contribution in [0, 0.1) is 0 Å². The molecule has 1 N–H and O–H groups in total. The second kappa shape index (κ2) is 5.12. The van der Waals surface area contributed by atoms with Gasteiger partial charge in [-0.05, 0) is 20.8 Å². The Morgan fingerprint density at radius 2 is 1.75 bits per heavy atom. The predicted molar refractivity (Wildman–Crippen MR) is 60.2 cm³/mol. The zero-order valence-electron chi connectivity index (χ0n) is 11.3. The van der Waals surface area contributed by atoms with E-state index in [-0.39, 0.29) is 0 Å². The molecule has 116 valence electrons. The lowest BCUT2D eigenvalue weighted by Crippen LogP contribution is -2.69. The third-order valence-corrected chi connectivity index (χ3v) is 2.45. The van der Waals surface area contributed by atoms with E-state index in [1.165, 1.54) is 0 Å². The van der Waals surface area contributed by atoms with Gasteiger partial charge in [-0.3, -0.25) is 0 Å². The zero-order chi connectivity index (χ0) is 15.8. The van der Waals surface area contributed by atoms with Crippen molar-refractivity contribution in [1.29, 1.82) is 0 Å². The first-order chi connectivity index (χ1) is 8.85. The highest BCUT2D eigenvalue weighted by Gasteiger charge is 2.55. The maximum Gasteiger partial charge on any atom is 0.411 e. The molecule has 0 aromatic rings. The lowest BCUT2D eigenvalue weighted by Gasteiger charge is -2.46. The van der Waals surface area contributed by atoms with Crippen molar-refractivity contribution < 1.29 is 37.3 Å². The number of alkyl halides is 3. The van der Waals surface area contributed by atoms with E-state index in [2.05, 4.69) is 4.74 Å². The van der Waals surface area contributed by atoms with E-state index in [0.717, 1.165) is 4.90 Å². The number of carbonyl (C=O) groups excluding carboxylic acids is 1. The van der Waals surface area contributed by atoms with Crippen molar-refractivity contribution in [2.75, 3.05) is 19.7 Å². The van der Waals surface area contributed by atoms with Gasteiger partial charge in [0, 0.05) is 0 Å². The molecule has 6 nitrogen and oxygen atoms in total. The Hall–Kier alpha value is -1.51. The standard InChI is InChI=1S/C11H16F3NO5/c1-9(2,3)20-8(18)15-4-10(5-15,7(16)17)19-6-11(12,13)14/h4-6H2,1-3H3,(H,16,17). The van der Waals surface area contributed by atoms with Crippen molar-refractivity contribution in [2.45, 2.75) is 38.1 Å². The van der Waals surface area contributed by atoms with Crippen molar-refractivity contribution in [3.63, 3.8) is 0 Å². The Balaban J connectivity index is 2.59. The average molecular weight is 299 g/mol. The Labute approximate surface area is 113 Å². The molecule has 1 aliphatic rings. The highest BCUT2D eigenvalue weighted by molar-refractivity contribution is 5.83. The van der Waals surface area contributed by atoms with Crippen LogP contribution in [-0.4, -0.2) is 59.1 Å². The number of halogens is 3. The minimum absolute atomic E-state index is 0.479. The van der Waals surface area contributed by atoms with Crippen molar-refractivity contribution in [3.05, 3.63) is 0 Å². The highest BCUT2D eigenvalue weighted by Crippen LogP contribution is 2.29. The molecule has 0 aromatic carbocycles. The molecule has 0 aromatic heterocycles. The second-order valence-corrected chi connectivity index (χ2v) is 5.54. The lowest BCUT2D eigenvalue weighted by atomic mass is 9.94. The summed E-state index contributed by atoms with van der Waals surface area (Å²) in [6, 6.07) is 0. The number of carboxylic acid groups (broad SMARTS) is 1. The number of aliphatic carboxylic acids is 1. The molecule has 1 rings (SSSR count). The molecule has 0 atom stereocenters. The molecule has 0 aliphatic carbocycles. The van der Waals surface area contributed by atoms with Crippen LogP contribution in [0.3, 0.4) is 0 Å². The monoisotopic (exact) mass is 299 g/mol. The molecule has 1 saturated heterocycles. The lowest BCUT2D eigenvalue weighted by molar-refractivity contribution is -0.233. The van der Waals surface area contributed by atoms with Gasteiger partial charge in [-0.2, -0.15) is 13.2 Å². The maximum atomic E-state index is 12.1. The Bertz CT molecular complexity index is 396. The molecular formula is C11H16F3NO5. The van der Waals surface area contributed by atoms with Crippen LogP contribution < -0.4 is 0 Å². The molecular weight excluding hydrogens is 283 g/mol. The summed E-state index contributed by atoms with van der Waals surface area (Å²) in [5, 5.41) is 8.94. The second-order valence-electron chi connectivity index (χ2n) is 5.54. The van der Waals surface area contributed by atoms with Gasteiger partial charge in [-0.15, -0.1) is 0 Å². The molecule has 0 saturated carbocycles. The summed E-state index contributed by atoms with van der Waals surface area (Å²) in [7, 11) is 0. The number of carbonyl (C=O) groups is 2. The number of hydrogen-bond acceptors (Lipinski definition) is 4. The predicted octanol–water partition coefficient (Wildman–Crippen LogP) is 1.64. The minimum atomic E-state index is -4.63. The fraction of sp³-hybridized carbons (Fsp3) is 0.818. The van der Waals surface area contributed by atoms with Gasteiger partial charge in [0.2, 0.25) is 5.60 Å². The summed E-state index contributed by atoms with van der Waals surface area (Å²) in [5.41, 5.74) is -2.79. The van der Waals surface area contributed by atoms with E-state index in [1.807, 2.05) is 0 Å². The number of rotatable bonds is 3. The SMILES string of the molecule is CC(C)(C)OC(=O)N1CC(OCC(F)(F)F)(C(=O)O)C1. The summed E-state index contributed by atoms with van der Waals surface area (Å²) in [4.78, 5) is 23.6. The first-order valence-corrected chi connectivity index (χ1v) is 5.77. The number of likely N-dealkylation sites (tertiary alicyclic amines) is 1. The topological polar surface area (TPSA) is 76.1 Å². The molecule has 0 spiro atoms. The van der Waals surface area contributed by atoms with Gasteiger partial charge < -0.3 is 19.5 Å². The van der Waals surface area contributed by atoms with Crippen molar-refractivity contribution in [1.82, 2.24) is 4.90 Å². The van der Waals surface area contributed by atoms with E-state index in [4.69, 9.17) is 9.84 Å². The van der Waals surface area contributed by atoms with Crippen LogP contribution in [-0.2, 0) is 14.3 Å². The van der Waals surface area contributed by atoms with Crippen LogP contribution in [0.25, 0.3) is 0 Å². The fourth-order valence-corrected chi connectivity index (χ4v) is 1.53. The van der Waals surface area contributed by atoms with Gasteiger partial charge in [0.15, 0.2) is 0 Å². The van der Waals surface area contributed by atoms with Crippen LogP contribution in [0.2, 0.25) is 0 Å². The van der Waals surface area contributed by atoms with Crippen molar-refractivity contribution >= 4 is 12.1 Å². The van der Waals surface area contributed by atoms with Gasteiger partial charge in [0.1, 0.15) is 12.2 Å². The van der Waals surface area contributed by atoms with E-state index >= 15 is 0 Å². The smallest absolute Gasteiger partial charge is 0.411 e. The Morgan fingerprint density at radius 3 is 2.10 bits per heavy atom. The van der Waals surface area contributed by atoms with E-state index in [1.54, 1.807) is 20.8 Å². The maximum absolute atomic E-state index is 12.1. The summed E-state index contributed by atoms with van der Waals surface area (Å²) < 4.78 is 45.6. The number of nitrogens with zero attached hydrogens (tertiary/aromatic N) is 1. The van der Waals surface area contributed by atoms with Gasteiger partial charge in [-0.25, -0.2) is 9.59 Å². The van der Waals surface area contributed by atoms with Crippen LogP contribution in [0.1, 0.15) is 20.8 Å². The quantitative estimate of drug-likeness (QED) is 0.857. The zero-order valence-corrected chi connectivity index (χ0v) is 11.3. The number of carboxylic acids is 1. The molecule has 1 aliphatic heterocycles. The number of hydrogen-bond donors (Lipinski definition) is 1. The van der Waals surface area contributed by atoms with Gasteiger partial charge >= 0.3 is 18.2 Å². The molecule has 1 fully saturated rings. The number of ether oxygens (including phenoxy) is 2. The van der Waals surface area contributed by atoms with Crippen molar-refractivity contribution in [2.24, 2.45) is 0 Å². The number of amides is 1. The molecule has 0 bridgehead atoms. The molecule has 20 heavy (non-hydrogen) atoms. The normalized spacial score (nSPS) is 18.4. The third kappa shape index (κ3) is 4.26. The Morgan fingerprint density at radius 1 is 1.25 bits per heavy atom.